The summed E-state index contributed by atoms with van der Waals surface area (Å²) in [6.45, 7) is 5.17. The predicted octanol–water partition coefficient (Wildman–Crippen LogP) is 4.30. The highest BCUT2D eigenvalue weighted by Crippen LogP contribution is 2.24. The molecule has 7 nitrogen and oxygen atoms in total. The van der Waals surface area contributed by atoms with Crippen LogP contribution in [0.5, 0.6) is 5.75 Å². The van der Waals surface area contributed by atoms with Crippen LogP contribution in [0.1, 0.15) is 30.0 Å². The Kier molecular flexibility index (Phi) is 7.70. The summed E-state index contributed by atoms with van der Waals surface area (Å²) in [5.41, 5.74) is 1.87. The first kappa shape index (κ1) is 22.0. The van der Waals surface area contributed by atoms with Gasteiger partial charge in [0.05, 0.1) is 31.6 Å². The molecule has 0 spiro atoms. The Bertz CT molecular complexity index is 982. The third-order valence-corrected chi connectivity index (χ3v) is 4.33. The van der Waals surface area contributed by atoms with Gasteiger partial charge in [0.25, 0.3) is 5.91 Å². The summed E-state index contributed by atoms with van der Waals surface area (Å²) < 4.78 is 11.0. The van der Waals surface area contributed by atoms with Crippen molar-refractivity contribution in [3.8, 4) is 5.75 Å². The van der Waals surface area contributed by atoms with Crippen molar-refractivity contribution in [2.45, 2.75) is 20.4 Å². The third kappa shape index (κ3) is 6.92. The standard InChI is InChI=1S/C24H27N3O4/c1-17(2)16-31-22-8-4-3-7-21(22)25-15-23(28)27-19-11-9-18(10-12-19)24(29)26-14-20-6-5-13-30-20/h3-13,17,25H,14-16H2,1-2H3,(H,26,29)(H,27,28). The topological polar surface area (TPSA) is 92.6 Å². The average Bonchev–Trinajstić information content (AvgIpc) is 3.29. The lowest BCUT2D eigenvalue weighted by Crippen LogP contribution is -2.23. The Hall–Kier alpha value is -3.74. The first-order valence-electron chi connectivity index (χ1n) is 10.2. The van der Waals surface area contributed by atoms with Crippen molar-refractivity contribution in [2.75, 3.05) is 23.8 Å². The molecule has 31 heavy (non-hydrogen) atoms. The number of benzene rings is 2. The highest BCUT2D eigenvalue weighted by Gasteiger charge is 2.09. The zero-order valence-corrected chi connectivity index (χ0v) is 17.7. The number of anilines is 2. The van der Waals surface area contributed by atoms with Gasteiger partial charge in [-0.3, -0.25) is 9.59 Å². The Morgan fingerprint density at radius 3 is 2.48 bits per heavy atom. The van der Waals surface area contributed by atoms with Crippen LogP contribution in [0.25, 0.3) is 0 Å². The molecule has 0 radical (unpaired) electrons. The van der Waals surface area contributed by atoms with E-state index >= 15 is 0 Å². The molecule has 1 heterocycles. The normalized spacial score (nSPS) is 10.5. The maximum absolute atomic E-state index is 12.3. The minimum atomic E-state index is -0.214. The second-order valence-corrected chi connectivity index (χ2v) is 7.44. The molecule has 0 aliphatic rings. The number of carbonyl (C=O) groups excluding carboxylic acids is 2. The van der Waals surface area contributed by atoms with Gasteiger partial charge in [-0.15, -0.1) is 0 Å². The minimum absolute atomic E-state index is 0.0907. The van der Waals surface area contributed by atoms with Gasteiger partial charge in [-0.2, -0.15) is 0 Å². The van der Waals surface area contributed by atoms with E-state index in [1.54, 1.807) is 42.7 Å². The van der Waals surface area contributed by atoms with Crippen molar-refractivity contribution in [1.82, 2.24) is 5.32 Å². The fourth-order valence-electron chi connectivity index (χ4n) is 2.76. The van der Waals surface area contributed by atoms with Crippen molar-refractivity contribution in [3.05, 3.63) is 78.3 Å². The summed E-state index contributed by atoms with van der Waals surface area (Å²) >= 11 is 0. The van der Waals surface area contributed by atoms with Gasteiger partial charge in [0, 0.05) is 11.3 Å². The first-order valence-corrected chi connectivity index (χ1v) is 10.2. The van der Waals surface area contributed by atoms with Crippen LogP contribution in [0.4, 0.5) is 11.4 Å². The van der Waals surface area contributed by atoms with E-state index in [2.05, 4.69) is 29.8 Å². The van der Waals surface area contributed by atoms with Gasteiger partial charge in [0.1, 0.15) is 11.5 Å². The number of nitrogens with one attached hydrogen (secondary N) is 3. The van der Waals surface area contributed by atoms with E-state index in [0.29, 0.717) is 41.8 Å². The van der Waals surface area contributed by atoms with E-state index in [4.69, 9.17) is 9.15 Å². The van der Waals surface area contributed by atoms with Gasteiger partial charge >= 0.3 is 0 Å². The monoisotopic (exact) mass is 421 g/mol. The molecule has 2 aromatic carbocycles. The molecule has 0 saturated heterocycles. The highest BCUT2D eigenvalue weighted by atomic mass is 16.5. The van der Waals surface area contributed by atoms with E-state index in [0.717, 1.165) is 5.69 Å². The van der Waals surface area contributed by atoms with Gasteiger partial charge in [0.15, 0.2) is 0 Å². The van der Waals surface area contributed by atoms with Gasteiger partial charge in [-0.1, -0.05) is 26.0 Å². The Morgan fingerprint density at radius 1 is 1.00 bits per heavy atom. The molecule has 1 aromatic heterocycles. The summed E-state index contributed by atoms with van der Waals surface area (Å²) in [6, 6.07) is 17.8. The van der Waals surface area contributed by atoms with Crippen molar-refractivity contribution in [1.29, 1.82) is 0 Å². The lowest BCUT2D eigenvalue weighted by molar-refractivity contribution is -0.114. The smallest absolute Gasteiger partial charge is 0.251 e. The molecule has 0 unspecified atom stereocenters. The number of hydrogen-bond donors (Lipinski definition) is 3. The lowest BCUT2D eigenvalue weighted by Gasteiger charge is -2.14. The number of ether oxygens (including phenoxy) is 1. The quantitative estimate of drug-likeness (QED) is 0.454. The van der Waals surface area contributed by atoms with E-state index in [9.17, 15) is 9.59 Å². The van der Waals surface area contributed by atoms with Gasteiger partial charge in [-0.05, 0) is 54.4 Å². The second kappa shape index (κ2) is 10.9. The van der Waals surface area contributed by atoms with Crippen molar-refractivity contribution < 1.29 is 18.7 Å². The number of amides is 2. The van der Waals surface area contributed by atoms with Crippen LogP contribution in [0.2, 0.25) is 0 Å². The molecule has 0 aliphatic heterocycles. The zero-order valence-electron chi connectivity index (χ0n) is 17.7. The van der Waals surface area contributed by atoms with Crippen LogP contribution in [0, 0.1) is 5.92 Å². The maximum atomic E-state index is 12.3. The number of carbonyl (C=O) groups is 2. The molecule has 0 fully saturated rings. The third-order valence-electron chi connectivity index (χ3n) is 4.33. The van der Waals surface area contributed by atoms with Gasteiger partial charge in [0.2, 0.25) is 5.91 Å². The maximum Gasteiger partial charge on any atom is 0.251 e. The summed E-state index contributed by atoms with van der Waals surface area (Å²) in [4.78, 5) is 24.5. The summed E-state index contributed by atoms with van der Waals surface area (Å²) in [5.74, 6) is 1.39. The second-order valence-electron chi connectivity index (χ2n) is 7.44. The van der Waals surface area contributed by atoms with Crippen LogP contribution in [0.15, 0.2) is 71.3 Å². The van der Waals surface area contributed by atoms with E-state index in [1.165, 1.54) is 0 Å². The first-order chi connectivity index (χ1) is 15.0. The summed E-state index contributed by atoms with van der Waals surface area (Å²) in [6.07, 6.45) is 1.56. The Morgan fingerprint density at radius 2 is 1.77 bits per heavy atom. The fourth-order valence-corrected chi connectivity index (χ4v) is 2.76. The molecule has 0 aliphatic carbocycles. The molecule has 0 saturated carbocycles. The van der Waals surface area contributed by atoms with Crippen LogP contribution in [-0.2, 0) is 11.3 Å². The van der Waals surface area contributed by atoms with E-state index < -0.39 is 0 Å². The number of para-hydroxylation sites is 2. The van der Waals surface area contributed by atoms with Crippen LogP contribution >= 0.6 is 0 Å². The number of hydrogen-bond acceptors (Lipinski definition) is 5. The number of rotatable bonds is 10. The summed E-state index contributed by atoms with van der Waals surface area (Å²) in [5, 5.41) is 8.70. The Balaban J connectivity index is 1.48. The molecule has 162 valence electrons. The average molecular weight is 421 g/mol. The lowest BCUT2D eigenvalue weighted by atomic mass is 10.2. The van der Waals surface area contributed by atoms with E-state index in [1.807, 2.05) is 24.3 Å². The van der Waals surface area contributed by atoms with Crippen LogP contribution in [0.3, 0.4) is 0 Å². The molecule has 3 rings (SSSR count). The van der Waals surface area contributed by atoms with Gasteiger partial charge < -0.3 is 25.1 Å². The van der Waals surface area contributed by atoms with Crippen molar-refractivity contribution in [2.24, 2.45) is 5.92 Å². The SMILES string of the molecule is CC(C)COc1ccccc1NCC(=O)Nc1ccc(C(=O)NCc2ccco2)cc1. The molecule has 3 N–H and O–H groups in total. The molecule has 3 aromatic rings. The van der Waals surface area contributed by atoms with E-state index in [-0.39, 0.29) is 18.4 Å². The van der Waals surface area contributed by atoms with Gasteiger partial charge in [-0.25, -0.2) is 0 Å². The highest BCUT2D eigenvalue weighted by molar-refractivity contribution is 5.96. The van der Waals surface area contributed by atoms with Crippen LogP contribution in [-0.4, -0.2) is 25.0 Å². The largest absolute Gasteiger partial charge is 0.491 e. The molecule has 0 atom stereocenters. The Labute approximate surface area is 181 Å². The van der Waals surface area contributed by atoms with Crippen LogP contribution < -0.4 is 20.7 Å². The molecular formula is C24H27N3O4. The predicted molar refractivity (Wildman–Crippen MR) is 120 cm³/mol. The number of furan rings is 1. The molecule has 7 heteroatoms. The minimum Gasteiger partial charge on any atom is -0.491 e. The fraction of sp³-hybridized carbons (Fsp3) is 0.250. The van der Waals surface area contributed by atoms with Crippen molar-refractivity contribution in [3.63, 3.8) is 0 Å². The zero-order chi connectivity index (χ0) is 22.1. The molecule has 2 amide bonds. The summed E-state index contributed by atoms with van der Waals surface area (Å²) in [7, 11) is 0. The van der Waals surface area contributed by atoms with Crippen molar-refractivity contribution >= 4 is 23.2 Å². The molecular weight excluding hydrogens is 394 g/mol. The molecule has 0 bridgehead atoms.